The summed E-state index contributed by atoms with van der Waals surface area (Å²) in [5.41, 5.74) is 2.12. The molecule has 0 saturated heterocycles. The van der Waals surface area contributed by atoms with Gasteiger partial charge in [0.15, 0.2) is 11.5 Å². The van der Waals surface area contributed by atoms with Gasteiger partial charge in [-0.25, -0.2) is 0 Å². The van der Waals surface area contributed by atoms with Crippen molar-refractivity contribution >= 4 is 5.91 Å². The van der Waals surface area contributed by atoms with E-state index < -0.39 is 0 Å². The molecule has 6 heteroatoms. The number of methoxy groups -OCH3 is 4. The van der Waals surface area contributed by atoms with Crippen LogP contribution in [0.25, 0.3) is 0 Å². The Hall–Kier alpha value is -3.15. The Bertz CT molecular complexity index is 847. The van der Waals surface area contributed by atoms with Gasteiger partial charge < -0.3 is 24.3 Å². The summed E-state index contributed by atoms with van der Waals surface area (Å²) in [5, 5.41) is 3.00. The number of hydrogen-bond donors (Lipinski definition) is 1. The van der Waals surface area contributed by atoms with Crippen LogP contribution >= 0.6 is 0 Å². The van der Waals surface area contributed by atoms with Crippen LogP contribution in [0.5, 0.6) is 23.0 Å². The SMILES string of the molecule is C=CCc1cc(C(=O)NC(C)c2cc(OC)ccc2OC)cc(OC)c1OC. The fourth-order valence-electron chi connectivity index (χ4n) is 3.02. The van der Waals surface area contributed by atoms with Gasteiger partial charge in [-0.05, 0) is 43.7 Å². The summed E-state index contributed by atoms with van der Waals surface area (Å²) >= 11 is 0. The Balaban J connectivity index is 2.34. The summed E-state index contributed by atoms with van der Waals surface area (Å²) in [6, 6.07) is 8.63. The van der Waals surface area contributed by atoms with Gasteiger partial charge in [-0.2, -0.15) is 0 Å². The monoisotopic (exact) mass is 385 g/mol. The minimum atomic E-state index is -0.298. The van der Waals surface area contributed by atoms with E-state index >= 15 is 0 Å². The molecule has 0 aliphatic heterocycles. The number of amides is 1. The van der Waals surface area contributed by atoms with E-state index in [0.29, 0.717) is 35.0 Å². The van der Waals surface area contributed by atoms with Crippen molar-refractivity contribution in [3.63, 3.8) is 0 Å². The van der Waals surface area contributed by atoms with Crippen LogP contribution in [0, 0.1) is 0 Å². The van der Waals surface area contributed by atoms with Gasteiger partial charge in [-0.1, -0.05) is 6.08 Å². The molecule has 2 aromatic carbocycles. The van der Waals surface area contributed by atoms with Crippen LogP contribution in [-0.4, -0.2) is 34.3 Å². The molecule has 0 radical (unpaired) electrons. The molecule has 150 valence electrons. The predicted octanol–water partition coefficient (Wildman–Crippen LogP) is 3.94. The Morgan fingerprint density at radius 2 is 1.75 bits per heavy atom. The van der Waals surface area contributed by atoms with Crippen LogP contribution < -0.4 is 24.3 Å². The molecule has 1 amide bonds. The third-order valence-electron chi connectivity index (χ3n) is 4.43. The highest BCUT2D eigenvalue weighted by Crippen LogP contribution is 2.34. The number of hydrogen-bond acceptors (Lipinski definition) is 5. The van der Waals surface area contributed by atoms with E-state index in [1.54, 1.807) is 46.6 Å². The zero-order valence-electron chi connectivity index (χ0n) is 17.0. The molecule has 0 fully saturated rings. The van der Waals surface area contributed by atoms with Crippen molar-refractivity contribution in [2.75, 3.05) is 28.4 Å². The van der Waals surface area contributed by atoms with Crippen LogP contribution in [0.3, 0.4) is 0 Å². The van der Waals surface area contributed by atoms with Gasteiger partial charge in [-0.3, -0.25) is 4.79 Å². The van der Waals surface area contributed by atoms with E-state index in [2.05, 4.69) is 11.9 Å². The minimum absolute atomic E-state index is 0.233. The molecule has 0 saturated carbocycles. The zero-order chi connectivity index (χ0) is 20.7. The van der Waals surface area contributed by atoms with Crippen molar-refractivity contribution in [1.29, 1.82) is 0 Å². The third-order valence-corrected chi connectivity index (χ3v) is 4.43. The molecular weight excluding hydrogens is 358 g/mol. The molecule has 1 unspecified atom stereocenters. The van der Waals surface area contributed by atoms with Gasteiger partial charge in [0.1, 0.15) is 11.5 Å². The summed E-state index contributed by atoms with van der Waals surface area (Å²) in [6.07, 6.45) is 2.31. The van der Waals surface area contributed by atoms with Crippen molar-refractivity contribution in [3.8, 4) is 23.0 Å². The number of benzene rings is 2. The number of carbonyl (C=O) groups is 1. The maximum absolute atomic E-state index is 12.9. The number of carbonyl (C=O) groups excluding carboxylic acids is 1. The summed E-state index contributed by atoms with van der Waals surface area (Å²) in [5.74, 6) is 2.23. The van der Waals surface area contributed by atoms with E-state index in [-0.39, 0.29) is 11.9 Å². The van der Waals surface area contributed by atoms with E-state index in [9.17, 15) is 4.79 Å². The third kappa shape index (κ3) is 4.57. The molecule has 0 heterocycles. The average Bonchev–Trinajstić information content (AvgIpc) is 2.72. The van der Waals surface area contributed by atoms with Gasteiger partial charge >= 0.3 is 0 Å². The molecule has 0 aliphatic carbocycles. The second kappa shape index (κ2) is 9.69. The number of rotatable bonds is 9. The lowest BCUT2D eigenvalue weighted by Crippen LogP contribution is -2.27. The second-order valence-corrected chi connectivity index (χ2v) is 6.17. The van der Waals surface area contributed by atoms with Crippen molar-refractivity contribution in [1.82, 2.24) is 5.32 Å². The van der Waals surface area contributed by atoms with Crippen LogP contribution in [0.1, 0.15) is 34.5 Å². The number of nitrogens with one attached hydrogen (secondary N) is 1. The smallest absolute Gasteiger partial charge is 0.251 e. The standard InChI is InChI=1S/C22H27NO5/c1-7-8-15-11-16(12-20(27-5)21(15)28-6)22(24)23-14(2)18-13-17(25-3)9-10-19(18)26-4/h7,9-14H,1,8H2,2-6H3,(H,23,24). The molecule has 28 heavy (non-hydrogen) atoms. The van der Waals surface area contributed by atoms with E-state index in [4.69, 9.17) is 18.9 Å². The van der Waals surface area contributed by atoms with E-state index in [0.717, 1.165) is 11.1 Å². The summed E-state index contributed by atoms with van der Waals surface area (Å²) < 4.78 is 21.5. The van der Waals surface area contributed by atoms with E-state index in [1.165, 1.54) is 0 Å². The molecule has 0 bridgehead atoms. The highest BCUT2D eigenvalue weighted by molar-refractivity contribution is 5.95. The molecule has 0 aliphatic rings. The summed E-state index contributed by atoms with van der Waals surface area (Å²) in [7, 11) is 6.30. The average molecular weight is 385 g/mol. The second-order valence-electron chi connectivity index (χ2n) is 6.17. The number of ether oxygens (including phenoxy) is 4. The van der Waals surface area contributed by atoms with Gasteiger partial charge in [-0.15, -0.1) is 6.58 Å². The van der Waals surface area contributed by atoms with Crippen LogP contribution in [0.15, 0.2) is 43.0 Å². The highest BCUT2D eigenvalue weighted by Gasteiger charge is 2.19. The summed E-state index contributed by atoms with van der Waals surface area (Å²) in [4.78, 5) is 12.9. The van der Waals surface area contributed by atoms with Crippen molar-refractivity contribution < 1.29 is 23.7 Å². The quantitative estimate of drug-likeness (QED) is 0.663. The molecule has 6 nitrogen and oxygen atoms in total. The first-order chi connectivity index (χ1) is 13.5. The first-order valence-corrected chi connectivity index (χ1v) is 8.87. The molecule has 1 N–H and O–H groups in total. The maximum atomic E-state index is 12.9. The largest absolute Gasteiger partial charge is 0.497 e. The molecule has 2 aromatic rings. The van der Waals surface area contributed by atoms with Crippen LogP contribution in [-0.2, 0) is 6.42 Å². The Morgan fingerprint density at radius 1 is 1.04 bits per heavy atom. The highest BCUT2D eigenvalue weighted by atomic mass is 16.5. The molecule has 0 spiro atoms. The molecule has 2 rings (SSSR count). The number of allylic oxidation sites excluding steroid dienone is 1. The van der Waals surface area contributed by atoms with Crippen molar-refractivity contribution in [3.05, 3.63) is 59.7 Å². The lowest BCUT2D eigenvalue weighted by Gasteiger charge is -2.19. The normalized spacial score (nSPS) is 11.3. The molecule has 0 aromatic heterocycles. The lowest BCUT2D eigenvalue weighted by atomic mass is 10.0. The van der Waals surface area contributed by atoms with Crippen molar-refractivity contribution in [2.45, 2.75) is 19.4 Å². The van der Waals surface area contributed by atoms with Crippen molar-refractivity contribution in [2.24, 2.45) is 0 Å². The first kappa shape index (κ1) is 21.2. The van der Waals surface area contributed by atoms with Gasteiger partial charge in [0.25, 0.3) is 5.91 Å². The lowest BCUT2D eigenvalue weighted by molar-refractivity contribution is 0.0939. The van der Waals surface area contributed by atoms with Crippen LogP contribution in [0.4, 0.5) is 0 Å². The van der Waals surface area contributed by atoms with Gasteiger partial charge in [0.05, 0.1) is 34.5 Å². The van der Waals surface area contributed by atoms with E-state index in [1.807, 2.05) is 25.1 Å². The maximum Gasteiger partial charge on any atom is 0.251 e. The van der Waals surface area contributed by atoms with Gasteiger partial charge in [0.2, 0.25) is 0 Å². The minimum Gasteiger partial charge on any atom is -0.497 e. The Kier molecular flexibility index (Phi) is 7.32. The first-order valence-electron chi connectivity index (χ1n) is 8.87. The predicted molar refractivity (Wildman–Crippen MR) is 109 cm³/mol. The zero-order valence-corrected chi connectivity index (χ0v) is 17.0. The summed E-state index contributed by atoms with van der Waals surface area (Å²) in [6.45, 7) is 5.65. The Labute approximate surface area is 166 Å². The molecular formula is C22H27NO5. The fourth-order valence-corrected chi connectivity index (χ4v) is 3.02. The molecule has 1 atom stereocenters. The van der Waals surface area contributed by atoms with Crippen LogP contribution in [0.2, 0.25) is 0 Å². The van der Waals surface area contributed by atoms with Gasteiger partial charge in [0, 0.05) is 16.7 Å². The topological polar surface area (TPSA) is 66.0 Å². The Morgan fingerprint density at radius 3 is 2.32 bits per heavy atom. The fraction of sp³-hybridized carbons (Fsp3) is 0.318.